The number of carbonyl (C=O) groups excluding carboxylic acids is 1. The Labute approximate surface area is 134 Å². The number of aliphatic carboxylic acids is 1. The van der Waals surface area contributed by atoms with Crippen LogP contribution in [0.15, 0.2) is 40.2 Å². The zero-order valence-corrected chi connectivity index (χ0v) is 13.7. The van der Waals surface area contributed by atoms with Gasteiger partial charge in [0.05, 0.1) is 8.66 Å². The van der Waals surface area contributed by atoms with E-state index in [0.29, 0.717) is 4.88 Å². The summed E-state index contributed by atoms with van der Waals surface area (Å²) in [6, 6.07) is 10.0. The van der Waals surface area contributed by atoms with E-state index in [0.717, 1.165) is 14.9 Å². The molecule has 0 fully saturated rings. The van der Waals surface area contributed by atoms with Gasteiger partial charge in [-0.05, 0) is 40.0 Å². The number of amides is 1. The molecule has 1 heterocycles. The number of carbonyl (C=O) groups is 2. The van der Waals surface area contributed by atoms with E-state index in [4.69, 9.17) is 0 Å². The molecule has 0 unspecified atom stereocenters. The van der Waals surface area contributed by atoms with Gasteiger partial charge in [-0.15, -0.1) is 11.3 Å². The fraction of sp³-hybridized carbons (Fsp3) is 0.200. The molecule has 0 aliphatic carbocycles. The van der Waals surface area contributed by atoms with E-state index < -0.39 is 12.0 Å². The number of benzene rings is 1. The minimum Gasteiger partial charge on any atom is -0.480 e. The molecule has 0 radical (unpaired) electrons. The van der Waals surface area contributed by atoms with Crippen molar-refractivity contribution < 1.29 is 14.7 Å². The van der Waals surface area contributed by atoms with Crippen molar-refractivity contribution in [2.75, 3.05) is 0 Å². The number of halogens is 1. The van der Waals surface area contributed by atoms with Crippen LogP contribution in [0.1, 0.15) is 20.8 Å². The molecular weight excluding hydrogens is 354 g/mol. The number of nitrogens with one attached hydrogen (secondary N) is 1. The largest absolute Gasteiger partial charge is 0.480 e. The van der Waals surface area contributed by atoms with Crippen LogP contribution >= 0.6 is 27.3 Å². The number of hydrogen-bond acceptors (Lipinski definition) is 3. The Balaban J connectivity index is 2.09. The van der Waals surface area contributed by atoms with Crippen molar-refractivity contribution in [2.45, 2.75) is 19.4 Å². The van der Waals surface area contributed by atoms with Crippen molar-refractivity contribution in [2.24, 2.45) is 0 Å². The van der Waals surface area contributed by atoms with Crippen molar-refractivity contribution in [1.29, 1.82) is 0 Å². The Kier molecular flexibility index (Phi) is 5.14. The van der Waals surface area contributed by atoms with Crippen LogP contribution in [-0.2, 0) is 11.2 Å². The van der Waals surface area contributed by atoms with E-state index in [1.165, 1.54) is 11.3 Å². The molecule has 2 rings (SSSR count). The van der Waals surface area contributed by atoms with Gasteiger partial charge >= 0.3 is 5.97 Å². The van der Waals surface area contributed by atoms with Crippen LogP contribution < -0.4 is 5.32 Å². The van der Waals surface area contributed by atoms with Gasteiger partial charge in [-0.1, -0.05) is 30.3 Å². The molecule has 0 bridgehead atoms. The topological polar surface area (TPSA) is 66.4 Å². The summed E-state index contributed by atoms with van der Waals surface area (Å²) in [5.74, 6) is -1.41. The first-order valence-electron chi connectivity index (χ1n) is 6.31. The third kappa shape index (κ3) is 4.15. The van der Waals surface area contributed by atoms with Crippen molar-refractivity contribution in [3.8, 4) is 0 Å². The van der Waals surface area contributed by atoms with Crippen LogP contribution in [0, 0.1) is 6.92 Å². The summed E-state index contributed by atoms with van der Waals surface area (Å²) in [6.07, 6.45) is 0.257. The lowest BCUT2D eigenvalue weighted by Crippen LogP contribution is -2.42. The molecule has 4 nitrogen and oxygen atoms in total. The van der Waals surface area contributed by atoms with E-state index in [2.05, 4.69) is 21.2 Å². The molecule has 0 saturated heterocycles. The first kappa shape index (κ1) is 15.7. The number of aryl methyl sites for hydroxylation is 1. The Morgan fingerprint density at radius 2 is 2.00 bits per heavy atom. The average Bonchev–Trinajstić information content (AvgIpc) is 2.79. The van der Waals surface area contributed by atoms with Gasteiger partial charge < -0.3 is 10.4 Å². The third-order valence-corrected chi connectivity index (χ3v) is 5.10. The zero-order valence-electron chi connectivity index (χ0n) is 11.3. The molecule has 0 saturated carbocycles. The first-order valence-corrected chi connectivity index (χ1v) is 7.92. The van der Waals surface area contributed by atoms with Crippen molar-refractivity contribution in [3.63, 3.8) is 0 Å². The molecule has 2 aromatic rings. The highest BCUT2D eigenvalue weighted by molar-refractivity contribution is 9.11. The van der Waals surface area contributed by atoms with E-state index in [1.807, 2.05) is 37.3 Å². The zero-order chi connectivity index (χ0) is 15.4. The summed E-state index contributed by atoms with van der Waals surface area (Å²) in [5, 5.41) is 11.8. The predicted octanol–water partition coefficient (Wildman–Crippen LogP) is 3.24. The third-order valence-electron chi connectivity index (χ3n) is 2.97. The first-order chi connectivity index (χ1) is 9.97. The van der Waals surface area contributed by atoms with Gasteiger partial charge in [0, 0.05) is 6.42 Å². The Bertz CT molecular complexity index is 635. The highest BCUT2D eigenvalue weighted by Gasteiger charge is 2.22. The minimum absolute atomic E-state index is 0.257. The SMILES string of the molecule is Cc1cc(C(=O)N[C@H](Cc2ccccc2)C(=O)O)sc1Br. The van der Waals surface area contributed by atoms with Gasteiger partial charge in [-0.2, -0.15) is 0 Å². The molecule has 1 amide bonds. The lowest BCUT2D eigenvalue weighted by atomic mass is 10.1. The summed E-state index contributed by atoms with van der Waals surface area (Å²) in [6.45, 7) is 1.88. The summed E-state index contributed by atoms with van der Waals surface area (Å²) < 4.78 is 0.877. The minimum atomic E-state index is -1.04. The molecule has 1 aromatic heterocycles. The Hall–Kier alpha value is -1.66. The fourth-order valence-corrected chi connectivity index (χ4v) is 3.29. The summed E-state index contributed by atoms with van der Waals surface area (Å²) in [4.78, 5) is 24.0. The maximum Gasteiger partial charge on any atom is 0.326 e. The van der Waals surface area contributed by atoms with Crippen LogP contribution in [0.25, 0.3) is 0 Å². The highest BCUT2D eigenvalue weighted by atomic mass is 79.9. The maximum atomic E-state index is 12.1. The van der Waals surface area contributed by atoms with Gasteiger partial charge in [-0.3, -0.25) is 4.79 Å². The molecule has 2 N–H and O–H groups in total. The number of carboxylic acids is 1. The smallest absolute Gasteiger partial charge is 0.326 e. The maximum absolute atomic E-state index is 12.1. The van der Waals surface area contributed by atoms with Crippen LogP contribution in [0.3, 0.4) is 0 Å². The predicted molar refractivity (Wildman–Crippen MR) is 85.8 cm³/mol. The van der Waals surface area contributed by atoms with Gasteiger partial charge in [0.1, 0.15) is 6.04 Å². The second-order valence-electron chi connectivity index (χ2n) is 4.62. The van der Waals surface area contributed by atoms with E-state index in [-0.39, 0.29) is 12.3 Å². The average molecular weight is 368 g/mol. The lowest BCUT2D eigenvalue weighted by molar-refractivity contribution is -0.139. The molecule has 21 heavy (non-hydrogen) atoms. The lowest BCUT2D eigenvalue weighted by Gasteiger charge is -2.14. The van der Waals surface area contributed by atoms with E-state index in [1.54, 1.807) is 6.07 Å². The van der Waals surface area contributed by atoms with Crippen molar-refractivity contribution in [3.05, 3.63) is 56.2 Å². The monoisotopic (exact) mass is 367 g/mol. The number of carboxylic acid groups (broad SMARTS) is 1. The van der Waals surface area contributed by atoms with E-state index >= 15 is 0 Å². The van der Waals surface area contributed by atoms with Crippen molar-refractivity contribution >= 4 is 39.1 Å². The van der Waals surface area contributed by atoms with E-state index in [9.17, 15) is 14.7 Å². The number of rotatable bonds is 5. The highest BCUT2D eigenvalue weighted by Crippen LogP contribution is 2.27. The van der Waals surface area contributed by atoms with Gasteiger partial charge in [0.15, 0.2) is 0 Å². The van der Waals surface area contributed by atoms with Gasteiger partial charge in [0.25, 0.3) is 5.91 Å². The van der Waals surface area contributed by atoms with Gasteiger partial charge in [0.2, 0.25) is 0 Å². The Morgan fingerprint density at radius 1 is 1.33 bits per heavy atom. The summed E-state index contributed by atoms with van der Waals surface area (Å²) >= 11 is 4.65. The van der Waals surface area contributed by atoms with Gasteiger partial charge in [-0.25, -0.2) is 4.79 Å². The molecule has 0 aliphatic rings. The quantitative estimate of drug-likeness (QED) is 0.852. The molecule has 1 atom stereocenters. The normalized spacial score (nSPS) is 11.9. The fourth-order valence-electron chi connectivity index (χ4n) is 1.85. The second-order valence-corrected chi connectivity index (χ2v) is 6.99. The van der Waals surface area contributed by atoms with Crippen LogP contribution in [-0.4, -0.2) is 23.0 Å². The molecule has 110 valence electrons. The Morgan fingerprint density at radius 3 is 2.52 bits per heavy atom. The van der Waals surface area contributed by atoms with Crippen LogP contribution in [0.4, 0.5) is 0 Å². The van der Waals surface area contributed by atoms with Crippen LogP contribution in [0.5, 0.6) is 0 Å². The molecule has 0 aliphatic heterocycles. The van der Waals surface area contributed by atoms with Crippen molar-refractivity contribution in [1.82, 2.24) is 5.32 Å². The summed E-state index contributed by atoms with van der Waals surface area (Å²) in [7, 11) is 0. The standard InChI is InChI=1S/C15H14BrNO3S/c1-9-7-12(21-13(9)16)14(18)17-11(15(19)20)8-10-5-3-2-4-6-10/h2-7,11H,8H2,1H3,(H,17,18)(H,19,20)/t11-/m1/s1. The summed E-state index contributed by atoms with van der Waals surface area (Å²) in [5.41, 5.74) is 1.83. The molecular formula is C15H14BrNO3S. The molecule has 1 aromatic carbocycles. The second kappa shape index (κ2) is 6.87. The molecule has 6 heteroatoms. The number of thiophene rings is 1. The molecule has 0 spiro atoms. The van der Waals surface area contributed by atoms with Crippen LogP contribution in [0.2, 0.25) is 0 Å². The number of hydrogen-bond donors (Lipinski definition) is 2.